The normalized spacial score (nSPS) is 20.0. The zero-order chi connectivity index (χ0) is 19.1. The lowest BCUT2D eigenvalue weighted by Gasteiger charge is -2.23. The number of nitrogens with one attached hydrogen (secondary N) is 1. The summed E-state index contributed by atoms with van der Waals surface area (Å²) in [6.45, 7) is 5.96. The molecule has 0 aromatic heterocycles. The van der Waals surface area contributed by atoms with Crippen LogP contribution in [-0.2, 0) is 16.9 Å². The van der Waals surface area contributed by atoms with Crippen molar-refractivity contribution >= 4 is 35.1 Å². The van der Waals surface area contributed by atoms with Crippen LogP contribution in [0.1, 0.15) is 43.4 Å². The fourth-order valence-electron chi connectivity index (χ4n) is 3.08. The van der Waals surface area contributed by atoms with Gasteiger partial charge in [-0.15, -0.1) is 0 Å². The second-order valence-electron chi connectivity index (χ2n) is 6.92. The lowest BCUT2D eigenvalue weighted by Crippen LogP contribution is -2.40. The van der Waals surface area contributed by atoms with Crippen LogP contribution in [-0.4, -0.2) is 16.8 Å². The Hall–Kier alpha value is -2.04. The molecule has 0 bridgehead atoms. The zero-order valence-corrected chi connectivity index (χ0v) is 16.4. The summed E-state index contributed by atoms with van der Waals surface area (Å²) in [4.78, 5) is 26.7. The van der Waals surface area contributed by atoms with Gasteiger partial charge in [-0.1, -0.05) is 67.4 Å². The number of nitrogens with zero attached hydrogens (tertiary/aromatic N) is 1. The van der Waals surface area contributed by atoms with Crippen molar-refractivity contribution in [2.24, 2.45) is 0 Å². The molecule has 136 valence electrons. The highest BCUT2D eigenvalue weighted by Crippen LogP contribution is 2.33. The third kappa shape index (κ3) is 3.19. The van der Waals surface area contributed by atoms with E-state index in [9.17, 15) is 9.59 Å². The Morgan fingerprint density at radius 2 is 1.62 bits per heavy atom. The van der Waals surface area contributed by atoms with E-state index >= 15 is 0 Å². The maximum atomic E-state index is 13.0. The number of carbonyl (C=O) groups excluding carboxylic acids is 2. The van der Waals surface area contributed by atoms with Gasteiger partial charge < -0.3 is 5.32 Å². The Bertz CT molecular complexity index is 844. The van der Waals surface area contributed by atoms with E-state index in [2.05, 4.69) is 19.2 Å². The number of imide groups is 1. The minimum atomic E-state index is -1.11. The van der Waals surface area contributed by atoms with E-state index in [0.29, 0.717) is 21.5 Å². The number of carbonyl (C=O) groups is 2. The van der Waals surface area contributed by atoms with Crippen molar-refractivity contribution < 1.29 is 9.59 Å². The van der Waals surface area contributed by atoms with Crippen LogP contribution in [0.4, 0.5) is 4.79 Å². The lowest BCUT2D eigenvalue weighted by atomic mass is 9.90. The standard InChI is InChI=1S/C20H20Cl2N2O2/c1-12(2)13-7-9-14(10-8-13)20(3)18(25)24(19(26)23-20)11-15-16(21)5-4-6-17(15)22/h4-10,12H,11H2,1-3H3,(H,23,26)/t20-/m1/s1. The second kappa shape index (κ2) is 6.93. The summed E-state index contributed by atoms with van der Waals surface area (Å²) in [5.74, 6) is 0.0698. The number of halogens is 2. The van der Waals surface area contributed by atoms with Crippen molar-refractivity contribution in [3.8, 4) is 0 Å². The van der Waals surface area contributed by atoms with Gasteiger partial charge in [0, 0.05) is 15.6 Å². The van der Waals surface area contributed by atoms with Crippen molar-refractivity contribution in [3.05, 3.63) is 69.2 Å². The van der Waals surface area contributed by atoms with Crippen LogP contribution in [0.3, 0.4) is 0 Å². The molecule has 3 amide bonds. The highest BCUT2D eigenvalue weighted by molar-refractivity contribution is 6.36. The number of hydrogen-bond acceptors (Lipinski definition) is 2. The molecular formula is C20H20Cl2N2O2. The van der Waals surface area contributed by atoms with E-state index in [-0.39, 0.29) is 12.5 Å². The van der Waals surface area contributed by atoms with Crippen LogP contribution in [0, 0.1) is 0 Å². The fourth-order valence-corrected chi connectivity index (χ4v) is 3.60. The van der Waals surface area contributed by atoms with Gasteiger partial charge in [0.05, 0.1) is 6.54 Å². The van der Waals surface area contributed by atoms with E-state index < -0.39 is 11.6 Å². The van der Waals surface area contributed by atoms with Crippen molar-refractivity contribution in [2.75, 3.05) is 0 Å². The van der Waals surface area contributed by atoms with E-state index in [1.807, 2.05) is 24.3 Å². The minimum Gasteiger partial charge on any atom is -0.319 e. The number of hydrogen-bond donors (Lipinski definition) is 1. The highest BCUT2D eigenvalue weighted by Gasteiger charge is 2.49. The van der Waals surface area contributed by atoms with Gasteiger partial charge >= 0.3 is 6.03 Å². The molecule has 0 aliphatic carbocycles. The van der Waals surface area contributed by atoms with Crippen molar-refractivity contribution in [1.29, 1.82) is 0 Å². The molecule has 6 heteroatoms. The summed E-state index contributed by atoms with van der Waals surface area (Å²) in [7, 11) is 0. The van der Waals surface area contributed by atoms with Gasteiger partial charge in [-0.05, 0) is 36.1 Å². The summed E-state index contributed by atoms with van der Waals surface area (Å²) in [5, 5.41) is 3.65. The fraction of sp³-hybridized carbons (Fsp3) is 0.300. The molecule has 1 fully saturated rings. The third-order valence-electron chi connectivity index (χ3n) is 4.81. The van der Waals surface area contributed by atoms with Gasteiger partial charge in [0.1, 0.15) is 5.54 Å². The molecule has 1 saturated heterocycles. The van der Waals surface area contributed by atoms with Gasteiger partial charge in [-0.25, -0.2) is 4.79 Å². The van der Waals surface area contributed by atoms with Crippen LogP contribution in [0.25, 0.3) is 0 Å². The molecule has 4 nitrogen and oxygen atoms in total. The average Bonchev–Trinajstić information content (AvgIpc) is 2.82. The Labute approximate surface area is 163 Å². The average molecular weight is 391 g/mol. The molecule has 0 radical (unpaired) electrons. The molecule has 2 aromatic carbocycles. The number of rotatable bonds is 4. The minimum absolute atomic E-state index is 0.0306. The smallest absolute Gasteiger partial charge is 0.319 e. The highest BCUT2D eigenvalue weighted by atomic mass is 35.5. The monoisotopic (exact) mass is 390 g/mol. The molecule has 26 heavy (non-hydrogen) atoms. The van der Waals surface area contributed by atoms with Crippen LogP contribution in [0.2, 0.25) is 10.0 Å². The SMILES string of the molecule is CC(C)c1ccc([C@@]2(C)NC(=O)N(Cc3c(Cl)cccc3Cl)C2=O)cc1. The summed E-state index contributed by atoms with van der Waals surface area (Å²) < 4.78 is 0. The number of amides is 3. The number of benzene rings is 2. The van der Waals surface area contributed by atoms with E-state index in [1.54, 1.807) is 25.1 Å². The zero-order valence-electron chi connectivity index (χ0n) is 14.8. The molecule has 1 aliphatic heterocycles. The van der Waals surface area contributed by atoms with Gasteiger partial charge in [-0.3, -0.25) is 9.69 Å². The largest absolute Gasteiger partial charge is 0.325 e. The van der Waals surface area contributed by atoms with Gasteiger partial charge in [0.15, 0.2) is 0 Å². The molecule has 0 unspecified atom stereocenters. The third-order valence-corrected chi connectivity index (χ3v) is 5.52. The van der Waals surface area contributed by atoms with Crippen molar-refractivity contribution in [3.63, 3.8) is 0 Å². The topological polar surface area (TPSA) is 49.4 Å². The molecule has 0 spiro atoms. The Kier molecular flexibility index (Phi) is 5.00. The first kappa shape index (κ1) is 18.7. The Balaban J connectivity index is 1.90. The summed E-state index contributed by atoms with van der Waals surface area (Å²) in [6.07, 6.45) is 0. The first-order chi connectivity index (χ1) is 12.2. The van der Waals surface area contributed by atoms with Crippen LogP contribution < -0.4 is 5.32 Å². The molecule has 3 rings (SSSR count). The van der Waals surface area contributed by atoms with Gasteiger partial charge in [0.2, 0.25) is 0 Å². The molecule has 2 aromatic rings. The van der Waals surface area contributed by atoms with Gasteiger partial charge in [-0.2, -0.15) is 0 Å². The quantitative estimate of drug-likeness (QED) is 0.739. The van der Waals surface area contributed by atoms with E-state index in [1.165, 1.54) is 5.56 Å². The molecule has 0 saturated carbocycles. The van der Waals surface area contributed by atoms with Crippen LogP contribution >= 0.6 is 23.2 Å². The number of urea groups is 1. The Morgan fingerprint density at radius 1 is 1.04 bits per heavy atom. The van der Waals surface area contributed by atoms with Crippen molar-refractivity contribution in [2.45, 2.75) is 38.8 Å². The Morgan fingerprint density at radius 3 is 2.15 bits per heavy atom. The first-order valence-electron chi connectivity index (χ1n) is 8.41. The molecule has 1 aliphatic rings. The predicted octanol–water partition coefficient (Wildman–Crippen LogP) is 5.08. The molecular weight excluding hydrogens is 371 g/mol. The van der Waals surface area contributed by atoms with E-state index in [4.69, 9.17) is 23.2 Å². The van der Waals surface area contributed by atoms with Gasteiger partial charge in [0.25, 0.3) is 5.91 Å². The maximum absolute atomic E-state index is 13.0. The van der Waals surface area contributed by atoms with Crippen LogP contribution in [0.15, 0.2) is 42.5 Å². The predicted molar refractivity (Wildman–Crippen MR) is 103 cm³/mol. The molecule has 1 heterocycles. The second-order valence-corrected chi connectivity index (χ2v) is 7.74. The summed E-state index contributed by atoms with van der Waals surface area (Å²) in [5.41, 5.74) is 1.36. The summed E-state index contributed by atoms with van der Waals surface area (Å²) >= 11 is 12.4. The lowest BCUT2D eigenvalue weighted by molar-refractivity contribution is -0.131. The summed E-state index contributed by atoms with van der Waals surface area (Å²) in [6, 6.07) is 12.4. The first-order valence-corrected chi connectivity index (χ1v) is 9.17. The van der Waals surface area contributed by atoms with E-state index in [0.717, 1.165) is 10.5 Å². The van der Waals surface area contributed by atoms with Crippen LogP contribution in [0.5, 0.6) is 0 Å². The maximum Gasteiger partial charge on any atom is 0.325 e. The molecule has 1 atom stereocenters. The molecule has 1 N–H and O–H groups in total. The van der Waals surface area contributed by atoms with Crippen molar-refractivity contribution in [1.82, 2.24) is 10.2 Å².